The van der Waals surface area contributed by atoms with Crippen LogP contribution in [0.3, 0.4) is 0 Å². The molecule has 0 unspecified atom stereocenters. The van der Waals surface area contributed by atoms with Gasteiger partial charge in [-0.15, -0.1) is 0 Å². The lowest BCUT2D eigenvalue weighted by molar-refractivity contribution is 0.0395. The summed E-state index contributed by atoms with van der Waals surface area (Å²) in [4.78, 5) is 6.64. The van der Waals surface area contributed by atoms with Crippen LogP contribution in [-0.4, -0.2) is 34.5 Å². The molecule has 0 spiro atoms. The molecule has 0 N–H and O–H groups in total. The second-order valence-corrected chi connectivity index (χ2v) is 4.44. The van der Waals surface area contributed by atoms with Gasteiger partial charge < -0.3 is 9.64 Å². The van der Waals surface area contributed by atoms with E-state index in [0.29, 0.717) is 0 Å². The van der Waals surface area contributed by atoms with Crippen molar-refractivity contribution in [3.05, 3.63) is 42.4 Å². The SMILES string of the molecule is Cn1cc([C@H]2CN(c3ccccn3)CCO2)cn1. The zero-order valence-corrected chi connectivity index (χ0v) is 10.4. The van der Waals surface area contributed by atoms with Gasteiger partial charge in [-0.3, -0.25) is 4.68 Å². The number of rotatable bonds is 2. The lowest BCUT2D eigenvalue weighted by Gasteiger charge is -2.33. The Balaban J connectivity index is 1.76. The first-order valence-corrected chi connectivity index (χ1v) is 6.09. The molecule has 0 bridgehead atoms. The minimum atomic E-state index is 0.0782. The molecule has 5 heteroatoms. The second kappa shape index (κ2) is 4.78. The average molecular weight is 244 g/mol. The van der Waals surface area contributed by atoms with Crippen molar-refractivity contribution in [2.75, 3.05) is 24.6 Å². The third-order valence-electron chi connectivity index (χ3n) is 3.14. The molecule has 1 aliphatic rings. The highest BCUT2D eigenvalue weighted by Crippen LogP contribution is 2.24. The summed E-state index contributed by atoms with van der Waals surface area (Å²) in [5.74, 6) is 1.01. The van der Waals surface area contributed by atoms with Crippen LogP contribution < -0.4 is 4.90 Å². The Hall–Kier alpha value is -1.88. The molecule has 3 heterocycles. The normalized spacial score (nSPS) is 20.1. The Kier molecular flexibility index (Phi) is 2.98. The number of hydrogen-bond donors (Lipinski definition) is 0. The molecule has 2 aromatic heterocycles. The van der Waals surface area contributed by atoms with Crippen LogP contribution in [0.5, 0.6) is 0 Å². The summed E-state index contributed by atoms with van der Waals surface area (Å²) in [7, 11) is 1.92. The number of aromatic nitrogens is 3. The topological polar surface area (TPSA) is 43.2 Å². The molecule has 1 fully saturated rings. The van der Waals surface area contributed by atoms with E-state index in [4.69, 9.17) is 4.74 Å². The highest BCUT2D eigenvalue weighted by Gasteiger charge is 2.23. The molecule has 0 aromatic carbocycles. The van der Waals surface area contributed by atoms with Crippen LogP contribution >= 0.6 is 0 Å². The highest BCUT2D eigenvalue weighted by atomic mass is 16.5. The van der Waals surface area contributed by atoms with Crippen molar-refractivity contribution < 1.29 is 4.74 Å². The van der Waals surface area contributed by atoms with Gasteiger partial charge in [-0.05, 0) is 12.1 Å². The average Bonchev–Trinajstić information content (AvgIpc) is 2.87. The fourth-order valence-corrected chi connectivity index (χ4v) is 2.21. The molecular formula is C13H16N4O. The smallest absolute Gasteiger partial charge is 0.128 e. The number of morpholine rings is 1. The predicted octanol–water partition coefficient (Wildman–Crippen LogP) is 1.39. The van der Waals surface area contributed by atoms with Gasteiger partial charge in [0.1, 0.15) is 11.9 Å². The van der Waals surface area contributed by atoms with E-state index in [-0.39, 0.29) is 6.10 Å². The lowest BCUT2D eigenvalue weighted by atomic mass is 10.1. The van der Waals surface area contributed by atoms with E-state index >= 15 is 0 Å². The minimum Gasteiger partial charge on any atom is -0.370 e. The maximum atomic E-state index is 5.81. The van der Waals surface area contributed by atoms with Crippen molar-refractivity contribution in [2.45, 2.75) is 6.10 Å². The van der Waals surface area contributed by atoms with E-state index in [0.717, 1.165) is 31.1 Å². The van der Waals surface area contributed by atoms with Crippen molar-refractivity contribution in [1.82, 2.24) is 14.8 Å². The van der Waals surface area contributed by atoms with Crippen LogP contribution in [0.15, 0.2) is 36.8 Å². The number of aryl methyl sites for hydroxylation is 1. The summed E-state index contributed by atoms with van der Waals surface area (Å²) in [5.41, 5.74) is 1.12. The summed E-state index contributed by atoms with van der Waals surface area (Å²) in [5, 5.41) is 4.19. The van der Waals surface area contributed by atoms with Crippen LogP contribution in [-0.2, 0) is 11.8 Å². The highest BCUT2D eigenvalue weighted by molar-refractivity contribution is 5.38. The Labute approximate surface area is 106 Å². The van der Waals surface area contributed by atoms with E-state index < -0.39 is 0 Å². The fraction of sp³-hybridized carbons (Fsp3) is 0.385. The van der Waals surface area contributed by atoms with Crippen LogP contribution in [0.1, 0.15) is 11.7 Å². The minimum absolute atomic E-state index is 0.0782. The van der Waals surface area contributed by atoms with Gasteiger partial charge >= 0.3 is 0 Å². The molecule has 1 saturated heterocycles. The van der Waals surface area contributed by atoms with Crippen LogP contribution in [0, 0.1) is 0 Å². The number of anilines is 1. The van der Waals surface area contributed by atoms with Crippen molar-refractivity contribution in [3.63, 3.8) is 0 Å². The molecule has 0 amide bonds. The van der Waals surface area contributed by atoms with Gasteiger partial charge in [-0.25, -0.2) is 4.98 Å². The molecule has 0 aliphatic carbocycles. The maximum absolute atomic E-state index is 5.81. The van der Waals surface area contributed by atoms with Crippen molar-refractivity contribution in [3.8, 4) is 0 Å². The van der Waals surface area contributed by atoms with Crippen molar-refractivity contribution in [1.29, 1.82) is 0 Å². The molecule has 0 saturated carbocycles. The molecule has 0 radical (unpaired) electrons. The maximum Gasteiger partial charge on any atom is 0.128 e. The van der Waals surface area contributed by atoms with Gasteiger partial charge in [0.25, 0.3) is 0 Å². The molecule has 18 heavy (non-hydrogen) atoms. The lowest BCUT2D eigenvalue weighted by Crippen LogP contribution is -2.38. The zero-order chi connectivity index (χ0) is 12.4. The number of nitrogens with zero attached hydrogens (tertiary/aromatic N) is 4. The standard InChI is InChI=1S/C13H16N4O/c1-16-9-11(8-15-16)12-10-17(6-7-18-12)13-4-2-3-5-14-13/h2-5,8-9,12H,6-7,10H2,1H3/t12-/m1/s1. The Bertz CT molecular complexity index is 511. The van der Waals surface area contributed by atoms with Crippen LogP contribution in [0.4, 0.5) is 5.82 Å². The van der Waals surface area contributed by atoms with Gasteiger partial charge in [0.2, 0.25) is 0 Å². The predicted molar refractivity (Wildman–Crippen MR) is 68.4 cm³/mol. The van der Waals surface area contributed by atoms with Gasteiger partial charge in [0.15, 0.2) is 0 Å². The number of hydrogen-bond acceptors (Lipinski definition) is 4. The second-order valence-electron chi connectivity index (χ2n) is 4.44. The van der Waals surface area contributed by atoms with Crippen molar-refractivity contribution in [2.24, 2.45) is 7.05 Å². The molecule has 5 nitrogen and oxygen atoms in total. The molecule has 94 valence electrons. The van der Waals surface area contributed by atoms with E-state index in [9.17, 15) is 0 Å². The van der Waals surface area contributed by atoms with E-state index in [1.165, 1.54) is 0 Å². The summed E-state index contributed by atoms with van der Waals surface area (Å²) >= 11 is 0. The summed E-state index contributed by atoms with van der Waals surface area (Å²) < 4.78 is 7.61. The fourth-order valence-electron chi connectivity index (χ4n) is 2.21. The van der Waals surface area contributed by atoms with Gasteiger partial charge in [0, 0.05) is 38.1 Å². The quantitative estimate of drug-likeness (QED) is 0.800. The summed E-state index contributed by atoms with van der Waals surface area (Å²) in [6.45, 7) is 2.42. The monoisotopic (exact) mass is 244 g/mol. The first-order chi connectivity index (χ1) is 8.83. The van der Waals surface area contributed by atoms with E-state index in [1.54, 1.807) is 4.68 Å². The molecule has 3 rings (SSSR count). The largest absolute Gasteiger partial charge is 0.370 e. The van der Waals surface area contributed by atoms with Gasteiger partial charge in [-0.1, -0.05) is 6.07 Å². The van der Waals surface area contributed by atoms with Crippen LogP contribution in [0.2, 0.25) is 0 Å². The van der Waals surface area contributed by atoms with Gasteiger partial charge in [0.05, 0.1) is 12.8 Å². The molecule has 1 aliphatic heterocycles. The van der Waals surface area contributed by atoms with E-state index in [1.807, 2.05) is 43.8 Å². The Morgan fingerprint density at radius 3 is 3.06 bits per heavy atom. The van der Waals surface area contributed by atoms with E-state index in [2.05, 4.69) is 15.0 Å². The zero-order valence-electron chi connectivity index (χ0n) is 10.4. The number of ether oxygens (including phenoxy) is 1. The molecular weight excluding hydrogens is 228 g/mol. The van der Waals surface area contributed by atoms with Gasteiger partial charge in [-0.2, -0.15) is 5.10 Å². The Morgan fingerprint density at radius 1 is 1.39 bits per heavy atom. The summed E-state index contributed by atoms with van der Waals surface area (Å²) in [6, 6.07) is 5.98. The van der Waals surface area contributed by atoms with Crippen LogP contribution in [0.25, 0.3) is 0 Å². The van der Waals surface area contributed by atoms with Crippen molar-refractivity contribution >= 4 is 5.82 Å². The third-order valence-corrected chi connectivity index (χ3v) is 3.14. The molecule has 1 atom stereocenters. The molecule has 2 aromatic rings. The first-order valence-electron chi connectivity index (χ1n) is 6.09. The summed E-state index contributed by atoms with van der Waals surface area (Å²) in [6.07, 6.45) is 5.78. The first kappa shape index (κ1) is 11.2. The number of pyridine rings is 1. The Morgan fingerprint density at radius 2 is 2.33 bits per heavy atom. The third kappa shape index (κ3) is 2.22.